The number of hydrogen-bond acceptors (Lipinski definition) is 4. The summed E-state index contributed by atoms with van der Waals surface area (Å²) in [6.45, 7) is 5.67. The molecule has 2 aliphatic rings. The number of benzene rings is 1. The predicted octanol–water partition coefficient (Wildman–Crippen LogP) is 3.30. The molecule has 5 nitrogen and oxygen atoms in total. The number of rotatable bonds is 6. The van der Waals surface area contributed by atoms with Gasteiger partial charge < -0.3 is 9.64 Å². The summed E-state index contributed by atoms with van der Waals surface area (Å²) in [6.07, 6.45) is 6.27. The molecule has 2 atom stereocenters. The van der Waals surface area contributed by atoms with Crippen molar-refractivity contribution in [1.29, 1.82) is 0 Å². The number of sulfonamides is 1. The van der Waals surface area contributed by atoms with Crippen molar-refractivity contribution in [1.82, 2.24) is 4.72 Å². The summed E-state index contributed by atoms with van der Waals surface area (Å²) in [5, 5.41) is -0.421. The Morgan fingerprint density at radius 2 is 1.68 bits per heavy atom. The zero-order chi connectivity index (χ0) is 17.9. The summed E-state index contributed by atoms with van der Waals surface area (Å²) in [5.41, 5.74) is 1.24. The summed E-state index contributed by atoms with van der Waals surface area (Å²) < 4.78 is 33.5. The Bertz CT molecular complexity index is 652. The van der Waals surface area contributed by atoms with Crippen LogP contribution in [0.3, 0.4) is 0 Å². The fourth-order valence-corrected chi connectivity index (χ4v) is 4.57. The molecule has 1 aromatic rings. The van der Waals surface area contributed by atoms with E-state index in [1.54, 1.807) is 13.8 Å². The first-order valence-electron chi connectivity index (χ1n) is 9.48. The molecule has 3 rings (SSSR count). The third kappa shape index (κ3) is 4.67. The van der Waals surface area contributed by atoms with Gasteiger partial charge in [-0.1, -0.05) is 6.42 Å². The number of hydrogen-bond donors (Lipinski definition) is 1. The molecule has 0 amide bonds. The topological polar surface area (TPSA) is 58.6 Å². The van der Waals surface area contributed by atoms with Crippen LogP contribution in [0, 0.1) is 0 Å². The minimum atomic E-state index is -3.28. The van der Waals surface area contributed by atoms with Crippen molar-refractivity contribution in [3.05, 3.63) is 24.3 Å². The first-order valence-corrected chi connectivity index (χ1v) is 11.0. The average Bonchev–Trinajstić information content (AvgIpc) is 3.11. The van der Waals surface area contributed by atoms with Crippen LogP contribution < -0.4 is 14.4 Å². The fourth-order valence-electron chi connectivity index (χ4n) is 3.61. The minimum absolute atomic E-state index is 0.0973. The lowest BCUT2D eigenvalue weighted by Gasteiger charge is -2.33. The molecule has 2 fully saturated rings. The van der Waals surface area contributed by atoms with Crippen molar-refractivity contribution in [3.8, 4) is 5.75 Å². The number of nitrogens with zero attached hydrogens (tertiary/aromatic N) is 1. The van der Waals surface area contributed by atoms with Crippen molar-refractivity contribution in [3.63, 3.8) is 0 Å². The maximum Gasteiger partial charge on any atom is 0.214 e. The summed E-state index contributed by atoms with van der Waals surface area (Å²) in [7, 11) is -3.28. The van der Waals surface area contributed by atoms with Crippen LogP contribution in [0.1, 0.15) is 52.4 Å². The van der Waals surface area contributed by atoms with Gasteiger partial charge in [0.25, 0.3) is 0 Å². The van der Waals surface area contributed by atoms with E-state index in [1.807, 2.05) is 12.1 Å². The normalized spacial score (nSPS) is 24.7. The van der Waals surface area contributed by atoms with Gasteiger partial charge in [-0.25, -0.2) is 13.1 Å². The van der Waals surface area contributed by atoms with Gasteiger partial charge in [-0.05, 0) is 70.2 Å². The van der Waals surface area contributed by atoms with Crippen LogP contribution in [0.2, 0.25) is 0 Å². The molecular weight excluding hydrogens is 336 g/mol. The van der Waals surface area contributed by atoms with E-state index in [-0.39, 0.29) is 12.1 Å². The van der Waals surface area contributed by atoms with Gasteiger partial charge in [-0.15, -0.1) is 0 Å². The lowest BCUT2D eigenvalue weighted by Crippen LogP contribution is -2.49. The van der Waals surface area contributed by atoms with Crippen molar-refractivity contribution < 1.29 is 13.2 Å². The highest BCUT2D eigenvalue weighted by Gasteiger charge is 2.31. The number of anilines is 1. The second kappa shape index (κ2) is 7.96. The number of ether oxygens (including phenoxy) is 1. The Morgan fingerprint density at radius 3 is 2.32 bits per heavy atom. The van der Waals surface area contributed by atoms with Gasteiger partial charge in [-0.2, -0.15) is 0 Å². The van der Waals surface area contributed by atoms with Crippen LogP contribution in [0.4, 0.5) is 5.69 Å². The zero-order valence-corrected chi connectivity index (χ0v) is 16.1. The van der Waals surface area contributed by atoms with Crippen LogP contribution in [0.5, 0.6) is 5.75 Å². The maximum absolute atomic E-state index is 12.2. The van der Waals surface area contributed by atoms with E-state index in [4.69, 9.17) is 4.74 Å². The van der Waals surface area contributed by atoms with Gasteiger partial charge in [0.05, 0.1) is 11.3 Å². The SMILES string of the molecule is CC(C)S(=O)(=O)NC1CCCCC1Oc1ccc(N2CCCC2)cc1. The fraction of sp³-hybridized carbons (Fsp3) is 0.684. The summed E-state index contributed by atoms with van der Waals surface area (Å²) in [6, 6.07) is 8.10. The van der Waals surface area contributed by atoms with Crippen molar-refractivity contribution in [2.24, 2.45) is 0 Å². The average molecular weight is 367 g/mol. The van der Waals surface area contributed by atoms with Crippen molar-refractivity contribution in [2.75, 3.05) is 18.0 Å². The third-order valence-electron chi connectivity index (χ3n) is 5.23. The quantitative estimate of drug-likeness (QED) is 0.839. The molecule has 1 aliphatic carbocycles. The molecule has 1 N–H and O–H groups in total. The number of nitrogens with one attached hydrogen (secondary N) is 1. The molecule has 140 valence electrons. The van der Waals surface area contributed by atoms with Gasteiger partial charge in [0, 0.05) is 18.8 Å². The Morgan fingerprint density at radius 1 is 1.04 bits per heavy atom. The molecule has 25 heavy (non-hydrogen) atoms. The molecule has 1 aromatic carbocycles. The van der Waals surface area contributed by atoms with Crippen LogP contribution >= 0.6 is 0 Å². The first-order chi connectivity index (χ1) is 12.0. The van der Waals surface area contributed by atoms with E-state index < -0.39 is 15.3 Å². The maximum atomic E-state index is 12.2. The van der Waals surface area contributed by atoms with Crippen molar-refractivity contribution in [2.45, 2.75) is 69.8 Å². The Balaban J connectivity index is 1.65. The molecule has 1 saturated heterocycles. The van der Waals surface area contributed by atoms with E-state index in [2.05, 4.69) is 21.8 Å². The van der Waals surface area contributed by atoms with Gasteiger partial charge >= 0.3 is 0 Å². The molecule has 2 unspecified atom stereocenters. The molecular formula is C19H30N2O3S. The Kier molecular flexibility index (Phi) is 5.89. The Labute approximate surface area is 151 Å². The molecule has 0 radical (unpaired) electrons. The van der Waals surface area contributed by atoms with Crippen LogP contribution in [-0.4, -0.2) is 38.9 Å². The van der Waals surface area contributed by atoms with E-state index in [0.29, 0.717) is 0 Å². The van der Waals surface area contributed by atoms with Crippen LogP contribution in [0.15, 0.2) is 24.3 Å². The molecule has 1 aliphatic heterocycles. The van der Waals surface area contributed by atoms with E-state index >= 15 is 0 Å². The highest BCUT2D eigenvalue weighted by molar-refractivity contribution is 7.90. The van der Waals surface area contributed by atoms with Crippen LogP contribution in [-0.2, 0) is 10.0 Å². The second-order valence-electron chi connectivity index (χ2n) is 7.45. The summed E-state index contributed by atoms with van der Waals surface area (Å²) >= 11 is 0. The second-order valence-corrected chi connectivity index (χ2v) is 9.72. The highest BCUT2D eigenvalue weighted by atomic mass is 32.2. The standard InChI is InChI=1S/C19H30N2O3S/c1-15(2)25(22,23)20-18-7-3-4-8-19(18)24-17-11-9-16(10-12-17)21-13-5-6-14-21/h9-12,15,18-20H,3-8,13-14H2,1-2H3. The highest BCUT2D eigenvalue weighted by Crippen LogP contribution is 2.27. The molecule has 1 saturated carbocycles. The molecule has 0 bridgehead atoms. The largest absolute Gasteiger partial charge is 0.489 e. The predicted molar refractivity (Wildman–Crippen MR) is 102 cm³/mol. The summed E-state index contributed by atoms with van der Waals surface area (Å²) in [4.78, 5) is 2.39. The Hall–Kier alpha value is -1.27. The smallest absolute Gasteiger partial charge is 0.214 e. The molecule has 1 heterocycles. The molecule has 0 spiro atoms. The van der Waals surface area contributed by atoms with Crippen LogP contribution in [0.25, 0.3) is 0 Å². The van der Waals surface area contributed by atoms with E-state index in [0.717, 1.165) is 44.5 Å². The van der Waals surface area contributed by atoms with Crippen molar-refractivity contribution >= 4 is 15.7 Å². The lowest BCUT2D eigenvalue weighted by atomic mass is 9.93. The lowest BCUT2D eigenvalue weighted by molar-refractivity contribution is 0.124. The van der Waals surface area contributed by atoms with Gasteiger partial charge in [0.2, 0.25) is 10.0 Å². The van der Waals surface area contributed by atoms with Gasteiger partial charge in [-0.3, -0.25) is 0 Å². The van der Waals surface area contributed by atoms with Gasteiger partial charge in [0.1, 0.15) is 11.9 Å². The molecule has 0 aromatic heterocycles. The van der Waals surface area contributed by atoms with Gasteiger partial charge in [0.15, 0.2) is 0 Å². The first kappa shape index (κ1) is 18.5. The third-order valence-corrected chi connectivity index (χ3v) is 7.11. The molecule has 6 heteroatoms. The van der Waals surface area contributed by atoms with E-state index in [9.17, 15) is 8.42 Å². The minimum Gasteiger partial charge on any atom is -0.489 e. The zero-order valence-electron chi connectivity index (χ0n) is 15.3. The monoisotopic (exact) mass is 366 g/mol. The van der Waals surface area contributed by atoms with E-state index in [1.165, 1.54) is 18.5 Å². The summed E-state index contributed by atoms with van der Waals surface area (Å²) in [5.74, 6) is 0.823.